The maximum Gasteiger partial charge on any atom is 0.333 e. The minimum atomic E-state index is -0.341. The van der Waals surface area contributed by atoms with E-state index >= 15 is 0 Å². The van der Waals surface area contributed by atoms with Crippen molar-refractivity contribution >= 4 is 11.4 Å². The summed E-state index contributed by atoms with van der Waals surface area (Å²) in [7, 11) is 1.97. The molecule has 21 heavy (non-hydrogen) atoms. The van der Waals surface area contributed by atoms with Crippen molar-refractivity contribution in [3.05, 3.63) is 28.3 Å². The van der Waals surface area contributed by atoms with Gasteiger partial charge in [0.2, 0.25) is 0 Å². The number of para-hydroxylation sites is 1. The van der Waals surface area contributed by atoms with Crippen LogP contribution in [0.5, 0.6) is 5.75 Å². The van der Waals surface area contributed by atoms with Crippen molar-refractivity contribution in [1.82, 2.24) is 5.32 Å². The Labute approximate surface area is 125 Å². The number of nitro benzene ring substituents is 1. The monoisotopic (exact) mass is 293 g/mol. The summed E-state index contributed by atoms with van der Waals surface area (Å²) >= 11 is 0. The molecule has 1 aromatic rings. The summed E-state index contributed by atoms with van der Waals surface area (Å²) in [5.74, 6) is 0.349. The van der Waals surface area contributed by atoms with Crippen molar-refractivity contribution < 1.29 is 9.66 Å². The summed E-state index contributed by atoms with van der Waals surface area (Å²) in [5, 5.41) is 14.8. The predicted octanol–water partition coefficient (Wildman–Crippen LogP) is 2.57. The van der Waals surface area contributed by atoms with Crippen LogP contribution in [0.25, 0.3) is 0 Å². The van der Waals surface area contributed by atoms with Crippen LogP contribution in [0.1, 0.15) is 26.7 Å². The Morgan fingerprint density at radius 1 is 1.43 bits per heavy atom. The first-order valence-corrected chi connectivity index (χ1v) is 7.35. The van der Waals surface area contributed by atoms with Gasteiger partial charge in [-0.1, -0.05) is 6.07 Å². The van der Waals surface area contributed by atoms with Crippen LogP contribution in [0.4, 0.5) is 11.4 Å². The lowest BCUT2D eigenvalue weighted by Gasteiger charge is -2.40. The molecule has 0 bridgehead atoms. The third-order valence-electron chi connectivity index (χ3n) is 4.27. The van der Waals surface area contributed by atoms with Gasteiger partial charge in [0.1, 0.15) is 5.69 Å². The van der Waals surface area contributed by atoms with E-state index in [1.54, 1.807) is 6.07 Å². The lowest BCUT2D eigenvalue weighted by atomic mass is 9.89. The predicted molar refractivity (Wildman–Crippen MR) is 83.2 cm³/mol. The van der Waals surface area contributed by atoms with Crippen molar-refractivity contribution in [1.29, 1.82) is 0 Å². The molecular formula is C15H23N3O3. The van der Waals surface area contributed by atoms with Crippen LogP contribution in [-0.4, -0.2) is 37.2 Å². The minimum Gasteiger partial charge on any atom is -0.487 e. The van der Waals surface area contributed by atoms with Crippen molar-refractivity contribution in [3.63, 3.8) is 0 Å². The van der Waals surface area contributed by atoms with Gasteiger partial charge in [0, 0.05) is 18.6 Å². The van der Waals surface area contributed by atoms with Crippen molar-refractivity contribution in [2.45, 2.75) is 32.2 Å². The van der Waals surface area contributed by atoms with Gasteiger partial charge in [-0.25, -0.2) is 0 Å². The van der Waals surface area contributed by atoms with Crippen molar-refractivity contribution in [3.8, 4) is 5.75 Å². The van der Waals surface area contributed by atoms with E-state index in [0.717, 1.165) is 25.9 Å². The molecule has 1 N–H and O–H groups in total. The van der Waals surface area contributed by atoms with E-state index in [1.807, 2.05) is 26.1 Å². The molecule has 0 aliphatic carbocycles. The number of nitrogens with zero attached hydrogens (tertiary/aromatic N) is 2. The highest BCUT2D eigenvalue weighted by Gasteiger charge is 2.32. The number of piperidine rings is 1. The van der Waals surface area contributed by atoms with Gasteiger partial charge in [-0.05, 0) is 45.9 Å². The van der Waals surface area contributed by atoms with Crippen LogP contribution in [0.3, 0.4) is 0 Å². The normalized spacial score (nSPS) is 17.6. The Hall–Kier alpha value is -1.82. The molecule has 1 heterocycles. The number of nitrogens with one attached hydrogen (secondary N) is 1. The lowest BCUT2D eigenvalue weighted by molar-refractivity contribution is -0.385. The third kappa shape index (κ3) is 3.26. The van der Waals surface area contributed by atoms with E-state index in [1.165, 1.54) is 0 Å². The molecule has 0 saturated carbocycles. The second-order valence-electron chi connectivity index (χ2n) is 5.61. The fraction of sp³-hybridized carbons (Fsp3) is 0.600. The molecule has 0 aromatic heterocycles. The summed E-state index contributed by atoms with van der Waals surface area (Å²) in [5.41, 5.74) is 0.847. The Morgan fingerprint density at radius 3 is 2.62 bits per heavy atom. The van der Waals surface area contributed by atoms with Gasteiger partial charge < -0.3 is 15.0 Å². The molecule has 0 amide bonds. The van der Waals surface area contributed by atoms with E-state index in [0.29, 0.717) is 18.0 Å². The van der Waals surface area contributed by atoms with E-state index < -0.39 is 0 Å². The second-order valence-corrected chi connectivity index (χ2v) is 5.61. The molecular weight excluding hydrogens is 270 g/mol. The summed E-state index contributed by atoms with van der Waals surface area (Å²) in [6.45, 7) is 6.04. The number of ether oxygens (including phenoxy) is 1. The first kappa shape index (κ1) is 15.6. The summed E-state index contributed by atoms with van der Waals surface area (Å²) in [4.78, 5) is 13.2. The standard InChI is InChI=1S/C15H23N3O3/c1-4-21-13-7-5-6-12(14(13)18(19)20)17-10-8-15(2,16-3)9-11-17/h5-7,16H,4,8-11H2,1-3H3. The fourth-order valence-corrected chi connectivity index (χ4v) is 2.71. The zero-order valence-electron chi connectivity index (χ0n) is 12.9. The Balaban J connectivity index is 2.28. The highest BCUT2D eigenvalue weighted by atomic mass is 16.6. The number of rotatable bonds is 5. The van der Waals surface area contributed by atoms with Gasteiger partial charge in [0.25, 0.3) is 0 Å². The topological polar surface area (TPSA) is 67.6 Å². The maximum atomic E-state index is 11.4. The van der Waals surface area contributed by atoms with Gasteiger partial charge in [-0.15, -0.1) is 0 Å². The number of hydrogen-bond donors (Lipinski definition) is 1. The average Bonchev–Trinajstić information content (AvgIpc) is 2.48. The summed E-state index contributed by atoms with van der Waals surface area (Å²) < 4.78 is 5.41. The van der Waals surface area contributed by atoms with E-state index in [-0.39, 0.29) is 16.1 Å². The first-order chi connectivity index (χ1) is 10.0. The number of nitro groups is 1. The van der Waals surface area contributed by atoms with Gasteiger partial charge in [-0.3, -0.25) is 10.1 Å². The highest BCUT2D eigenvalue weighted by molar-refractivity contribution is 5.70. The fourth-order valence-electron chi connectivity index (χ4n) is 2.71. The molecule has 0 atom stereocenters. The molecule has 1 aliphatic heterocycles. The molecule has 0 spiro atoms. The van der Waals surface area contributed by atoms with Crippen molar-refractivity contribution in [2.75, 3.05) is 31.6 Å². The van der Waals surface area contributed by atoms with Gasteiger partial charge in [-0.2, -0.15) is 0 Å². The molecule has 2 rings (SSSR count). The van der Waals surface area contributed by atoms with Crippen LogP contribution < -0.4 is 15.0 Å². The van der Waals surface area contributed by atoms with Gasteiger partial charge in [0.15, 0.2) is 5.75 Å². The van der Waals surface area contributed by atoms with E-state index in [9.17, 15) is 10.1 Å². The van der Waals surface area contributed by atoms with Crippen LogP contribution >= 0.6 is 0 Å². The van der Waals surface area contributed by atoms with Crippen LogP contribution in [0, 0.1) is 10.1 Å². The second kappa shape index (κ2) is 6.30. The Bertz CT molecular complexity index is 511. The molecule has 0 unspecified atom stereocenters. The van der Waals surface area contributed by atoms with E-state index in [4.69, 9.17) is 4.74 Å². The van der Waals surface area contributed by atoms with Crippen LogP contribution in [0.2, 0.25) is 0 Å². The minimum absolute atomic E-state index is 0.0763. The van der Waals surface area contributed by atoms with Gasteiger partial charge in [0.05, 0.1) is 11.5 Å². The molecule has 1 saturated heterocycles. The lowest BCUT2D eigenvalue weighted by Crippen LogP contribution is -2.50. The molecule has 1 aromatic carbocycles. The van der Waals surface area contributed by atoms with E-state index in [2.05, 4.69) is 17.1 Å². The maximum absolute atomic E-state index is 11.4. The molecule has 1 fully saturated rings. The first-order valence-electron chi connectivity index (χ1n) is 7.35. The molecule has 6 nitrogen and oxygen atoms in total. The number of benzene rings is 1. The Kier molecular flexibility index (Phi) is 4.67. The summed E-state index contributed by atoms with van der Waals surface area (Å²) in [6, 6.07) is 5.29. The molecule has 0 radical (unpaired) electrons. The summed E-state index contributed by atoms with van der Waals surface area (Å²) in [6.07, 6.45) is 1.92. The highest BCUT2D eigenvalue weighted by Crippen LogP contribution is 2.39. The quantitative estimate of drug-likeness (QED) is 0.667. The number of hydrogen-bond acceptors (Lipinski definition) is 5. The average molecular weight is 293 g/mol. The molecule has 6 heteroatoms. The van der Waals surface area contributed by atoms with Crippen molar-refractivity contribution in [2.24, 2.45) is 0 Å². The van der Waals surface area contributed by atoms with Gasteiger partial charge >= 0.3 is 5.69 Å². The van der Waals surface area contributed by atoms with Crippen LogP contribution in [-0.2, 0) is 0 Å². The zero-order valence-corrected chi connectivity index (χ0v) is 12.9. The largest absolute Gasteiger partial charge is 0.487 e. The zero-order chi connectivity index (χ0) is 15.5. The van der Waals surface area contributed by atoms with Crippen LogP contribution in [0.15, 0.2) is 18.2 Å². The Morgan fingerprint density at radius 2 is 2.10 bits per heavy atom. The molecule has 116 valence electrons. The smallest absolute Gasteiger partial charge is 0.333 e. The SMILES string of the molecule is CCOc1cccc(N2CCC(C)(NC)CC2)c1[N+](=O)[O-]. The third-order valence-corrected chi connectivity index (χ3v) is 4.27. The molecule has 1 aliphatic rings. The number of anilines is 1.